The molecule has 1 aromatic carbocycles. The molecule has 4 rings (SSSR count). The number of carboxylic acids is 1. The summed E-state index contributed by atoms with van der Waals surface area (Å²) in [5.74, 6) is -0.541. The predicted octanol–water partition coefficient (Wildman–Crippen LogP) is 1.33. The van der Waals surface area contributed by atoms with Crippen LogP contribution in [0.2, 0.25) is 0 Å². The van der Waals surface area contributed by atoms with E-state index in [0.717, 1.165) is 32.1 Å². The first-order valence-electron chi connectivity index (χ1n) is 9.70. The second-order valence-electron chi connectivity index (χ2n) is 7.40. The van der Waals surface area contributed by atoms with E-state index in [1.54, 1.807) is 12.1 Å². The highest BCUT2D eigenvalue weighted by Crippen LogP contribution is 2.44. The Hall–Kier alpha value is -2.81. The van der Waals surface area contributed by atoms with E-state index in [1.165, 1.54) is 0 Å². The topological polar surface area (TPSA) is 130 Å². The third kappa shape index (κ3) is 3.15. The van der Waals surface area contributed by atoms with Gasteiger partial charge in [-0.15, -0.1) is 0 Å². The highest BCUT2D eigenvalue weighted by atomic mass is 16.5. The van der Waals surface area contributed by atoms with Crippen molar-refractivity contribution >= 4 is 29.3 Å². The van der Waals surface area contributed by atoms with Crippen LogP contribution < -0.4 is 21.3 Å². The molecule has 0 aromatic heterocycles. The Morgan fingerprint density at radius 2 is 1.86 bits per heavy atom. The van der Waals surface area contributed by atoms with Gasteiger partial charge in [0.05, 0.1) is 30.2 Å². The fourth-order valence-electron chi connectivity index (χ4n) is 4.47. The lowest BCUT2D eigenvalue weighted by atomic mass is 9.87. The first kappa shape index (κ1) is 18.5. The number of aromatic carboxylic acids is 1. The van der Waals surface area contributed by atoms with E-state index in [-0.39, 0.29) is 17.5 Å². The van der Waals surface area contributed by atoms with Crippen LogP contribution in [0.5, 0.6) is 0 Å². The molecule has 2 fully saturated rings. The van der Waals surface area contributed by atoms with E-state index in [1.807, 2.05) is 15.9 Å². The smallest absolute Gasteiger partial charge is 0.337 e. The molecular weight excluding hydrogens is 360 g/mol. The number of guanidine groups is 2. The lowest BCUT2D eigenvalue weighted by Gasteiger charge is -2.47. The molecular formula is C19H26N6O3. The standard InChI is InChI=1S/C19H26N6O3/c20-17-22-18(21)25(19(23-17)7-2-1-3-8-19)14-6-4-5-13(16(26)27)15(14)24-9-11-28-12-10-24/h4-6H,1-3,7-12H2,(H,26,27)(H4,20,21,22,23). The number of para-hydroxylation sites is 1. The Morgan fingerprint density at radius 3 is 2.54 bits per heavy atom. The molecule has 150 valence electrons. The van der Waals surface area contributed by atoms with Crippen molar-refractivity contribution in [3.8, 4) is 0 Å². The van der Waals surface area contributed by atoms with Crippen molar-refractivity contribution in [3.05, 3.63) is 23.8 Å². The number of hydrogen-bond acceptors (Lipinski definition) is 8. The number of anilines is 2. The number of rotatable bonds is 3. The van der Waals surface area contributed by atoms with Crippen molar-refractivity contribution in [3.63, 3.8) is 0 Å². The maximum Gasteiger partial charge on any atom is 0.337 e. The summed E-state index contributed by atoms with van der Waals surface area (Å²) in [6.45, 7) is 2.32. The van der Waals surface area contributed by atoms with Crippen LogP contribution >= 0.6 is 0 Å². The third-order valence-electron chi connectivity index (χ3n) is 5.66. The van der Waals surface area contributed by atoms with Gasteiger partial charge in [-0.25, -0.2) is 9.79 Å². The zero-order chi connectivity index (χ0) is 19.7. The molecule has 1 saturated heterocycles. The van der Waals surface area contributed by atoms with Crippen LogP contribution in [0.3, 0.4) is 0 Å². The molecule has 1 saturated carbocycles. The minimum absolute atomic E-state index is 0.179. The minimum atomic E-state index is -0.975. The van der Waals surface area contributed by atoms with Gasteiger partial charge in [-0.1, -0.05) is 12.5 Å². The Morgan fingerprint density at radius 1 is 1.14 bits per heavy atom. The van der Waals surface area contributed by atoms with Crippen LogP contribution in [0.1, 0.15) is 42.5 Å². The van der Waals surface area contributed by atoms with Gasteiger partial charge in [0.2, 0.25) is 11.9 Å². The molecule has 5 N–H and O–H groups in total. The number of nitrogens with zero attached hydrogens (tertiary/aromatic N) is 4. The highest BCUT2D eigenvalue weighted by Gasteiger charge is 2.44. The van der Waals surface area contributed by atoms with Crippen molar-refractivity contribution in [1.29, 1.82) is 0 Å². The molecule has 0 radical (unpaired) electrons. The Labute approximate surface area is 163 Å². The molecule has 3 aliphatic rings. The number of benzene rings is 1. The normalized spacial score (nSPS) is 22.0. The number of ether oxygens (including phenoxy) is 1. The van der Waals surface area contributed by atoms with Gasteiger partial charge in [-0.05, 0) is 37.8 Å². The number of carboxylic acid groups (broad SMARTS) is 1. The molecule has 9 nitrogen and oxygen atoms in total. The van der Waals surface area contributed by atoms with Crippen molar-refractivity contribution < 1.29 is 14.6 Å². The van der Waals surface area contributed by atoms with E-state index >= 15 is 0 Å². The van der Waals surface area contributed by atoms with Gasteiger partial charge < -0.3 is 26.2 Å². The van der Waals surface area contributed by atoms with Gasteiger partial charge in [-0.2, -0.15) is 4.99 Å². The van der Waals surface area contributed by atoms with Crippen molar-refractivity contribution in [2.75, 3.05) is 36.1 Å². The van der Waals surface area contributed by atoms with Crippen LogP contribution in [-0.4, -0.2) is 55.0 Å². The fourth-order valence-corrected chi connectivity index (χ4v) is 4.47. The maximum absolute atomic E-state index is 12.0. The van der Waals surface area contributed by atoms with Crippen molar-refractivity contribution in [1.82, 2.24) is 0 Å². The van der Waals surface area contributed by atoms with E-state index in [4.69, 9.17) is 21.2 Å². The number of hydrogen-bond donors (Lipinski definition) is 3. The van der Waals surface area contributed by atoms with Gasteiger partial charge in [-0.3, -0.25) is 4.90 Å². The summed E-state index contributed by atoms with van der Waals surface area (Å²) < 4.78 is 5.46. The Balaban J connectivity index is 1.88. The largest absolute Gasteiger partial charge is 0.478 e. The summed E-state index contributed by atoms with van der Waals surface area (Å²) >= 11 is 0. The molecule has 0 amide bonds. The van der Waals surface area contributed by atoms with Crippen LogP contribution in [0.15, 0.2) is 28.2 Å². The van der Waals surface area contributed by atoms with Gasteiger partial charge in [0.15, 0.2) is 0 Å². The molecule has 0 bridgehead atoms. The molecule has 28 heavy (non-hydrogen) atoms. The monoisotopic (exact) mass is 386 g/mol. The van der Waals surface area contributed by atoms with E-state index in [9.17, 15) is 9.90 Å². The molecule has 0 atom stereocenters. The Kier molecular flexibility index (Phi) is 4.84. The SMILES string of the molecule is NC1=NC2(CCCCC2)N(c2cccc(C(=O)O)c2N2CCOCC2)C(N)=N1. The van der Waals surface area contributed by atoms with Gasteiger partial charge in [0.1, 0.15) is 5.66 Å². The summed E-state index contributed by atoms with van der Waals surface area (Å²) in [7, 11) is 0. The maximum atomic E-state index is 12.0. The van der Waals surface area contributed by atoms with Gasteiger partial charge in [0, 0.05) is 13.1 Å². The van der Waals surface area contributed by atoms with E-state index in [0.29, 0.717) is 37.7 Å². The average molecular weight is 386 g/mol. The molecule has 2 aliphatic heterocycles. The lowest BCUT2D eigenvalue weighted by molar-refractivity contribution is 0.0696. The second-order valence-corrected chi connectivity index (χ2v) is 7.40. The first-order chi connectivity index (χ1) is 13.5. The van der Waals surface area contributed by atoms with Crippen LogP contribution in [0.25, 0.3) is 0 Å². The molecule has 9 heteroatoms. The molecule has 1 spiro atoms. The second kappa shape index (κ2) is 7.31. The zero-order valence-electron chi connectivity index (χ0n) is 15.8. The number of carbonyl (C=O) groups is 1. The average Bonchev–Trinajstić information content (AvgIpc) is 2.68. The van der Waals surface area contributed by atoms with Crippen LogP contribution in [-0.2, 0) is 4.74 Å². The molecule has 0 unspecified atom stereocenters. The summed E-state index contributed by atoms with van der Waals surface area (Å²) in [4.78, 5) is 24.9. The van der Waals surface area contributed by atoms with Gasteiger partial charge >= 0.3 is 5.97 Å². The molecule has 1 aliphatic carbocycles. The summed E-state index contributed by atoms with van der Waals surface area (Å²) in [6, 6.07) is 5.26. The lowest BCUT2D eigenvalue weighted by Crippen LogP contribution is -2.58. The summed E-state index contributed by atoms with van der Waals surface area (Å²) in [5, 5.41) is 9.84. The third-order valence-corrected chi connectivity index (χ3v) is 5.66. The molecule has 1 aromatic rings. The van der Waals surface area contributed by atoms with E-state index in [2.05, 4.69) is 4.99 Å². The van der Waals surface area contributed by atoms with Crippen molar-refractivity contribution in [2.24, 2.45) is 21.5 Å². The number of morpholine rings is 1. The highest BCUT2D eigenvalue weighted by molar-refractivity contribution is 6.09. The minimum Gasteiger partial charge on any atom is -0.478 e. The predicted molar refractivity (Wildman–Crippen MR) is 108 cm³/mol. The Bertz CT molecular complexity index is 825. The van der Waals surface area contributed by atoms with E-state index < -0.39 is 11.6 Å². The number of aliphatic imine (C=N–C) groups is 2. The molecule has 2 heterocycles. The zero-order valence-corrected chi connectivity index (χ0v) is 15.8. The number of nitrogens with two attached hydrogens (primary N) is 2. The van der Waals surface area contributed by atoms with Crippen LogP contribution in [0, 0.1) is 0 Å². The first-order valence-corrected chi connectivity index (χ1v) is 9.70. The van der Waals surface area contributed by atoms with Crippen LogP contribution in [0.4, 0.5) is 11.4 Å². The van der Waals surface area contributed by atoms with Crippen molar-refractivity contribution in [2.45, 2.75) is 37.8 Å². The summed E-state index contributed by atoms with van der Waals surface area (Å²) in [5.41, 5.74) is 13.3. The fraction of sp³-hybridized carbons (Fsp3) is 0.526. The summed E-state index contributed by atoms with van der Waals surface area (Å²) in [6.07, 6.45) is 4.74. The van der Waals surface area contributed by atoms with Gasteiger partial charge in [0.25, 0.3) is 0 Å². The quantitative estimate of drug-likeness (QED) is 0.714.